The van der Waals surface area contributed by atoms with E-state index >= 15 is 0 Å². The van der Waals surface area contributed by atoms with Gasteiger partial charge in [0.25, 0.3) is 0 Å². The number of carboxylic acids is 1. The molecule has 114 valence electrons. The number of carbonyl (C=O) groups is 2. The second-order valence-electron chi connectivity index (χ2n) is 6.71. The van der Waals surface area contributed by atoms with Crippen LogP contribution < -0.4 is 0 Å². The number of amides is 1. The van der Waals surface area contributed by atoms with Crippen molar-refractivity contribution in [2.24, 2.45) is 5.41 Å². The molecule has 2 heterocycles. The van der Waals surface area contributed by atoms with Gasteiger partial charge in [-0.2, -0.15) is 0 Å². The molecule has 0 saturated carbocycles. The lowest BCUT2D eigenvalue weighted by molar-refractivity contribution is -0.167. The average Bonchev–Trinajstić information content (AvgIpc) is 2.72. The monoisotopic (exact) mass is 285 g/mol. The highest BCUT2D eigenvalue weighted by Gasteiger charge is 2.51. The zero-order valence-corrected chi connectivity index (χ0v) is 12.3. The Morgan fingerprint density at radius 3 is 2.65 bits per heavy atom. The number of ether oxygens (including phenoxy) is 2. The molecular formula is C14H23NO5. The SMILES string of the molecule is CC(C)(C)OC(=O)N1CCC2(CCCOC2C(=O)O)C1. The number of aliphatic carboxylic acids is 1. The summed E-state index contributed by atoms with van der Waals surface area (Å²) >= 11 is 0. The highest BCUT2D eigenvalue weighted by Crippen LogP contribution is 2.43. The third-order valence-electron chi connectivity index (χ3n) is 3.92. The Bertz CT molecular complexity index is 403. The number of nitrogens with zero attached hydrogens (tertiary/aromatic N) is 1. The molecule has 0 aromatic rings. The van der Waals surface area contributed by atoms with Crippen LogP contribution in [0.3, 0.4) is 0 Å². The van der Waals surface area contributed by atoms with Gasteiger partial charge in [-0.1, -0.05) is 0 Å². The molecule has 2 saturated heterocycles. The minimum atomic E-state index is -0.935. The molecule has 2 aliphatic heterocycles. The van der Waals surface area contributed by atoms with E-state index in [2.05, 4.69) is 0 Å². The first-order chi connectivity index (χ1) is 9.23. The summed E-state index contributed by atoms with van der Waals surface area (Å²) in [7, 11) is 0. The van der Waals surface area contributed by atoms with Gasteiger partial charge in [0.1, 0.15) is 5.60 Å². The van der Waals surface area contributed by atoms with Gasteiger partial charge < -0.3 is 19.5 Å². The highest BCUT2D eigenvalue weighted by molar-refractivity contribution is 5.74. The summed E-state index contributed by atoms with van der Waals surface area (Å²) < 4.78 is 10.8. The van der Waals surface area contributed by atoms with Crippen molar-refractivity contribution < 1.29 is 24.2 Å². The van der Waals surface area contributed by atoms with Gasteiger partial charge in [0, 0.05) is 25.1 Å². The van der Waals surface area contributed by atoms with Crippen LogP contribution in [0.1, 0.15) is 40.0 Å². The van der Waals surface area contributed by atoms with Crippen LogP contribution >= 0.6 is 0 Å². The van der Waals surface area contributed by atoms with Crippen LogP contribution in [-0.4, -0.2) is 53.5 Å². The van der Waals surface area contributed by atoms with Gasteiger partial charge in [-0.25, -0.2) is 9.59 Å². The summed E-state index contributed by atoms with van der Waals surface area (Å²) in [6, 6.07) is 0. The van der Waals surface area contributed by atoms with Gasteiger partial charge in [-0.3, -0.25) is 0 Å². The Morgan fingerprint density at radius 1 is 1.35 bits per heavy atom. The third-order valence-corrected chi connectivity index (χ3v) is 3.92. The lowest BCUT2D eigenvalue weighted by Gasteiger charge is -2.38. The molecule has 2 aliphatic rings. The summed E-state index contributed by atoms with van der Waals surface area (Å²) in [5, 5.41) is 9.32. The minimum absolute atomic E-state index is 0.371. The van der Waals surface area contributed by atoms with Crippen LogP contribution in [0.2, 0.25) is 0 Å². The fraction of sp³-hybridized carbons (Fsp3) is 0.857. The van der Waals surface area contributed by atoms with Gasteiger partial charge in [-0.15, -0.1) is 0 Å². The number of likely N-dealkylation sites (tertiary alicyclic amines) is 1. The lowest BCUT2D eigenvalue weighted by Crippen LogP contribution is -2.48. The maximum atomic E-state index is 12.1. The van der Waals surface area contributed by atoms with E-state index in [0.29, 0.717) is 26.1 Å². The van der Waals surface area contributed by atoms with Crippen molar-refractivity contribution in [3.05, 3.63) is 0 Å². The molecule has 1 N–H and O–H groups in total. The summed E-state index contributed by atoms with van der Waals surface area (Å²) in [6.45, 7) is 6.87. The Morgan fingerprint density at radius 2 is 2.05 bits per heavy atom. The predicted molar refractivity (Wildman–Crippen MR) is 71.5 cm³/mol. The van der Waals surface area contributed by atoms with Crippen molar-refractivity contribution in [2.75, 3.05) is 19.7 Å². The average molecular weight is 285 g/mol. The van der Waals surface area contributed by atoms with E-state index < -0.39 is 23.1 Å². The molecule has 1 spiro atoms. The molecule has 0 bridgehead atoms. The Labute approximate surface area is 119 Å². The van der Waals surface area contributed by atoms with Crippen molar-refractivity contribution in [2.45, 2.75) is 51.7 Å². The van der Waals surface area contributed by atoms with Crippen LogP contribution in [0, 0.1) is 5.41 Å². The van der Waals surface area contributed by atoms with Crippen molar-refractivity contribution in [3.63, 3.8) is 0 Å². The molecule has 0 radical (unpaired) electrons. The minimum Gasteiger partial charge on any atom is -0.479 e. The third kappa shape index (κ3) is 3.06. The van der Waals surface area contributed by atoms with Crippen molar-refractivity contribution in [3.8, 4) is 0 Å². The van der Waals surface area contributed by atoms with Crippen molar-refractivity contribution >= 4 is 12.1 Å². The van der Waals surface area contributed by atoms with E-state index in [1.807, 2.05) is 20.8 Å². The van der Waals surface area contributed by atoms with E-state index in [1.54, 1.807) is 4.90 Å². The van der Waals surface area contributed by atoms with Gasteiger partial charge in [0.05, 0.1) is 0 Å². The molecule has 0 aromatic heterocycles. The standard InChI is InChI=1S/C14H23NO5/c1-13(2,3)20-12(18)15-7-6-14(9-15)5-4-8-19-10(14)11(16)17/h10H,4-9H2,1-3H3,(H,16,17). The van der Waals surface area contributed by atoms with Gasteiger partial charge >= 0.3 is 12.1 Å². The first kappa shape index (κ1) is 15.1. The summed E-state index contributed by atoms with van der Waals surface area (Å²) in [5.41, 5.74) is -0.997. The molecule has 0 aliphatic carbocycles. The molecule has 2 atom stereocenters. The quantitative estimate of drug-likeness (QED) is 0.796. The zero-order chi connectivity index (χ0) is 15.0. The summed E-state index contributed by atoms with van der Waals surface area (Å²) in [4.78, 5) is 25.0. The normalized spacial score (nSPS) is 30.6. The molecule has 2 rings (SSSR count). The number of hydrogen-bond acceptors (Lipinski definition) is 4. The molecular weight excluding hydrogens is 262 g/mol. The van der Waals surface area contributed by atoms with Crippen molar-refractivity contribution in [1.82, 2.24) is 4.90 Å². The second-order valence-corrected chi connectivity index (χ2v) is 6.71. The number of rotatable bonds is 1. The van der Waals surface area contributed by atoms with Crippen LogP contribution in [0.25, 0.3) is 0 Å². The fourth-order valence-corrected chi connectivity index (χ4v) is 3.06. The number of carbonyl (C=O) groups excluding carboxylic acids is 1. The Kier molecular flexibility index (Phi) is 3.95. The molecule has 2 unspecified atom stereocenters. The van der Waals surface area contributed by atoms with E-state index in [-0.39, 0.29) is 6.09 Å². The van der Waals surface area contributed by atoms with Crippen LogP contribution in [0.4, 0.5) is 4.79 Å². The predicted octanol–water partition coefficient (Wildman–Crippen LogP) is 1.88. The first-order valence-corrected chi connectivity index (χ1v) is 7.06. The Hall–Kier alpha value is -1.30. The first-order valence-electron chi connectivity index (χ1n) is 7.06. The van der Waals surface area contributed by atoms with E-state index in [1.165, 1.54) is 0 Å². The highest BCUT2D eigenvalue weighted by atomic mass is 16.6. The summed E-state index contributed by atoms with van der Waals surface area (Å²) in [6.07, 6.45) is 1.09. The van der Waals surface area contributed by atoms with Crippen LogP contribution in [0.5, 0.6) is 0 Å². The van der Waals surface area contributed by atoms with Crippen LogP contribution in [0.15, 0.2) is 0 Å². The maximum absolute atomic E-state index is 12.1. The smallest absolute Gasteiger partial charge is 0.410 e. The molecule has 6 heteroatoms. The van der Waals surface area contributed by atoms with Gasteiger partial charge in [0.15, 0.2) is 6.10 Å². The van der Waals surface area contributed by atoms with Gasteiger partial charge in [-0.05, 0) is 40.0 Å². The largest absolute Gasteiger partial charge is 0.479 e. The fourth-order valence-electron chi connectivity index (χ4n) is 3.06. The Balaban J connectivity index is 2.06. The van der Waals surface area contributed by atoms with Crippen molar-refractivity contribution in [1.29, 1.82) is 0 Å². The maximum Gasteiger partial charge on any atom is 0.410 e. The molecule has 1 amide bonds. The summed E-state index contributed by atoms with van der Waals surface area (Å²) in [5.74, 6) is -0.935. The molecule has 0 aromatic carbocycles. The molecule has 2 fully saturated rings. The van der Waals surface area contributed by atoms with Gasteiger partial charge in [0.2, 0.25) is 0 Å². The zero-order valence-electron chi connectivity index (χ0n) is 12.3. The number of hydrogen-bond donors (Lipinski definition) is 1. The number of carboxylic acid groups (broad SMARTS) is 1. The lowest BCUT2D eigenvalue weighted by atomic mass is 9.75. The topological polar surface area (TPSA) is 76.1 Å². The molecule has 6 nitrogen and oxygen atoms in total. The van der Waals surface area contributed by atoms with E-state index in [0.717, 1.165) is 12.8 Å². The molecule has 20 heavy (non-hydrogen) atoms. The van der Waals surface area contributed by atoms with Crippen LogP contribution in [-0.2, 0) is 14.3 Å². The van der Waals surface area contributed by atoms with E-state index in [9.17, 15) is 14.7 Å². The second kappa shape index (κ2) is 5.24. The van der Waals surface area contributed by atoms with E-state index in [4.69, 9.17) is 9.47 Å².